The highest BCUT2D eigenvalue weighted by Gasteiger charge is 2.43. The van der Waals surface area contributed by atoms with E-state index in [4.69, 9.17) is 16.3 Å². The van der Waals surface area contributed by atoms with Gasteiger partial charge in [-0.25, -0.2) is 4.39 Å². The third-order valence-corrected chi connectivity index (χ3v) is 6.68. The molecule has 0 bridgehead atoms. The van der Waals surface area contributed by atoms with Crippen LogP contribution in [0.1, 0.15) is 18.4 Å². The summed E-state index contributed by atoms with van der Waals surface area (Å²) < 4.78 is 19.2. The van der Waals surface area contributed by atoms with Crippen molar-refractivity contribution in [2.45, 2.75) is 18.3 Å². The van der Waals surface area contributed by atoms with Crippen LogP contribution in [0.2, 0.25) is 5.02 Å². The van der Waals surface area contributed by atoms with E-state index >= 15 is 0 Å². The third-order valence-electron chi connectivity index (χ3n) is 6.43. The maximum atomic E-state index is 13.8. The van der Waals surface area contributed by atoms with E-state index in [-0.39, 0.29) is 18.4 Å². The number of fused-ring (bicyclic) bond motifs is 1. The number of nitrogens with zero attached hydrogens (tertiary/aromatic N) is 3. The predicted octanol–water partition coefficient (Wildman–Crippen LogP) is 3.33. The van der Waals surface area contributed by atoms with Gasteiger partial charge in [-0.2, -0.15) is 0 Å². The Labute approximate surface area is 192 Å². The lowest BCUT2D eigenvalue weighted by Gasteiger charge is -2.43. The van der Waals surface area contributed by atoms with Crippen molar-refractivity contribution in [1.29, 1.82) is 0 Å². The van der Waals surface area contributed by atoms with E-state index in [1.54, 1.807) is 30.0 Å². The van der Waals surface area contributed by atoms with Crippen molar-refractivity contribution < 1.29 is 18.7 Å². The molecule has 2 aliphatic heterocycles. The van der Waals surface area contributed by atoms with Gasteiger partial charge in [-0.1, -0.05) is 23.7 Å². The molecule has 0 atom stereocenters. The number of benzene rings is 2. The van der Waals surface area contributed by atoms with E-state index in [1.165, 1.54) is 12.1 Å². The highest BCUT2D eigenvalue weighted by molar-refractivity contribution is 6.30. The molecule has 2 aromatic rings. The van der Waals surface area contributed by atoms with Crippen LogP contribution in [0.3, 0.4) is 0 Å². The molecule has 1 fully saturated rings. The maximum absolute atomic E-state index is 13.8. The first kappa shape index (κ1) is 22.6. The molecule has 170 valence electrons. The van der Waals surface area contributed by atoms with E-state index in [1.807, 2.05) is 24.3 Å². The van der Waals surface area contributed by atoms with Crippen molar-refractivity contribution in [3.8, 4) is 5.75 Å². The smallest absolute Gasteiger partial charge is 0.265 e. The average molecular weight is 460 g/mol. The van der Waals surface area contributed by atoms with E-state index in [0.717, 1.165) is 18.7 Å². The largest absolute Gasteiger partial charge is 0.482 e. The molecule has 0 radical (unpaired) electrons. The van der Waals surface area contributed by atoms with Gasteiger partial charge in [0.05, 0.1) is 11.1 Å². The van der Waals surface area contributed by atoms with Crippen LogP contribution >= 0.6 is 11.6 Å². The van der Waals surface area contributed by atoms with E-state index in [0.29, 0.717) is 42.4 Å². The second-order valence-electron chi connectivity index (χ2n) is 8.58. The van der Waals surface area contributed by atoms with Crippen molar-refractivity contribution in [3.05, 3.63) is 58.9 Å². The number of carbonyl (C=O) groups is 2. The Hall–Kier alpha value is -2.64. The van der Waals surface area contributed by atoms with Crippen LogP contribution in [0.4, 0.5) is 10.1 Å². The van der Waals surface area contributed by atoms with Gasteiger partial charge in [0.2, 0.25) is 5.91 Å². The van der Waals surface area contributed by atoms with Crippen LogP contribution in [0.25, 0.3) is 0 Å². The topological polar surface area (TPSA) is 53.1 Å². The molecule has 0 aromatic heterocycles. The second kappa shape index (κ2) is 9.08. The molecule has 0 spiro atoms. The first-order valence-corrected chi connectivity index (χ1v) is 11.1. The maximum Gasteiger partial charge on any atom is 0.265 e. The molecule has 8 heteroatoms. The van der Waals surface area contributed by atoms with Gasteiger partial charge in [-0.3, -0.25) is 9.59 Å². The van der Waals surface area contributed by atoms with Gasteiger partial charge in [0.1, 0.15) is 11.6 Å². The number of hydrogen-bond acceptors (Lipinski definition) is 4. The first-order chi connectivity index (χ1) is 15.3. The fraction of sp³-hybridized carbons (Fsp3) is 0.417. The zero-order valence-corrected chi connectivity index (χ0v) is 19.1. The van der Waals surface area contributed by atoms with Crippen molar-refractivity contribution in [2.75, 3.05) is 51.8 Å². The second-order valence-corrected chi connectivity index (χ2v) is 9.01. The monoisotopic (exact) mass is 459 g/mol. The molecule has 0 saturated carbocycles. The summed E-state index contributed by atoms with van der Waals surface area (Å²) in [5, 5.41) is 0.644. The van der Waals surface area contributed by atoms with Gasteiger partial charge < -0.3 is 19.4 Å². The number of anilines is 1. The summed E-state index contributed by atoms with van der Waals surface area (Å²) in [6, 6.07) is 11.8. The number of piperidine rings is 1. The van der Waals surface area contributed by atoms with Crippen molar-refractivity contribution >= 4 is 29.1 Å². The molecule has 2 aliphatic rings. The summed E-state index contributed by atoms with van der Waals surface area (Å²) >= 11 is 6.07. The van der Waals surface area contributed by atoms with E-state index in [2.05, 4.69) is 4.90 Å². The summed E-state index contributed by atoms with van der Waals surface area (Å²) in [5.41, 5.74) is 0.860. The van der Waals surface area contributed by atoms with Gasteiger partial charge in [0.25, 0.3) is 5.91 Å². The summed E-state index contributed by atoms with van der Waals surface area (Å²) in [6.07, 6.45) is 1.35. The summed E-state index contributed by atoms with van der Waals surface area (Å²) in [4.78, 5) is 31.1. The van der Waals surface area contributed by atoms with Crippen LogP contribution < -0.4 is 9.64 Å². The molecule has 2 aromatic carbocycles. The molecule has 0 unspecified atom stereocenters. The lowest BCUT2D eigenvalue weighted by atomic mass is 9.71. The molecule has 0 aliphatic carbocycles. The van der Waals surface area contributed by atoms with Crippen molar-refractivity contribution in [3.63, 3.8) is 0 Å². The SMILES string of the molecule is CN(C)C(=O)C1(c2ccc(Cl)cc2)CCN(CCN2C(=O)COc3ccc(F)cc32)CC1. The number of carbonyl (C=O) groups excluding carboxylic acids is 2. The third kappa shape index (κ3) is 4.32. The van der Waals surface area contributed by atoms with Crippen LogP contribution in [-0.2, 0) is 15.0 Å². The standard InChI is InChI=1S/C24H27ClFN3O3/c1-27(2)23(31)24(17-3-5-18(25)6-4-17)9-11-28(12-10-24)13-14-29-20-15-19(26)7-8-21(20)32-16-22(29)30/h3-8,15H,9-14,16H2,1-2H3. The number of hydrogen-bond donors (Lipinski definition) is 0. The lowest BCUT2D eigenvalue weighted by Crippen LogP contribution is -2.52. The molecule has 1 saturated heterocycles. The predicted molar refractivity (Wildman–Crippen MR) is 122 cm³/mol. The number of halogens is 2. The number of likely N-dealkylation sites (tertiary alicyclic amines) is 1. The highest BCUT2D eigenvalue weighted by Crippen LogP contribution is 2.38. The summed E-state index contributed by atoms with van der Waals surface area (Å²) in [7, 11) is 3.57. The first-order valence-electron chi connectivity index (χ1n) is 10.7. The minimum absolute atomic E-state index is 0.0460. The van der Waals surface area contributed by atoms with Crippen molar-refractivity contribution in [2.24, 2.45) is 0 Å². The minimum atomic E-state index is -0.588. The molecular weight excluding hydrogens is 433 g/mol. The van der Waals surface area contributed by atoms with Gasteiger partial charge in [-0.15, -0.1) is 0 Å². The average Bonchev–Trinajstić information content (AvgIpc) is 2.79. The zero-order valence-electron chi connectivity index (χ0n) is 18.3. The van der Waals surface area contributed by atoms with Gasteiger partial charge in [-0.05, 0) is 55.8 Å². The number of amides is 2. The Balaban J connectivity index is 1.46. The highest BCUT2D eigenvalue weighted by atomic mass is 35.5. The quantitative estimate of drug-likeness (QED) is 0.688. The van der Waals surface area contributed by atoms with Crippen LogP contribution in [0.15, 0.2) is 42.5 Å². The van der Waals surface area contributed by atoms with Gasteiger partial charge in [0, 0.05) is 38.3 Å². The Morgan fingerprint density at radius 1 is 1.12 bits per heavy atom. The molecule has 2 heterocycles. The van der Waals surface area contributed by atoms with Crippen molar-refractivity contribution in [1.82, 2.24) is 9.80 Å². The van der Waals surface area contributed by atoms with Gasteiger partial charge in [0.15, 0.2) is 6.61 Å². The summed E-state index contributed by atoms with van der Waals surface area (Å²) in [5.74, 6) is 0.0218. The summed E-state index contributed by atoms with van der Waals surface area (Å²) in [6.45, 7) is 2.46. The fourth-order valence-electron chi connectivity index (χ4n) is 4.64. The number of likely N-dealkylation sites (N-methyl/N-ethyl adjacent to an activating group) is 1. The lowest BCUT2D eigenvalue weighted by molar-refractivity contribution is -0.136. The number of ether oxygens (including phenoxy) is 1. The molecule has 32 heavy (non-hydrogen) atoms. The van der Waals surface area contributed by atoms with Gasteiger partial charge >= 0.3 is 0 Å². The van der Waals surface area contributed by atoms with E-state index in [9.17, 15) is 14.0 Å². The normalized spacial score (nSPS) is 18.1. The Bertz CT molecular complexity index is 1000. The molecule has 6 nitrogen and oxygen atoms in total. The minimum Gasteiger partial charge on any atom is -0.482 e. The number of rotatable bonds is 5. The Kier molecular flexibility index (Phi) is 6.40. The van der Waals surface area contributed by atoms with Crippen LogP contribution in [0.5, 0.6) is 5.75 Å². The van der Waals surface area contributed by atoms with Crippen LogP contribution in [-0.4, -0.2) is 68.5 Å². The molecule has 4 rings (SSSR count). The Morgan fingerprint density at radius 2 is 1.81 bits per heavy atom. The molecule has 0 N–H and O–H groups in total. The van der Waals surface area contributed by atoms with Crippen LogP contribution in [0, 0.1) is 5.82 Å². The Morgan fingerprint density at radius 3 is 2.47 bits per heavy atom. The molecule has 2 amide bonds. The molecular formula is C24H27ClFN3O3. The van der Waals surface area contributed by atoms with E-state index < -0.39 is 11.2 Å². The fourth-order valence-corrected chi connectivity index (χ4v) is 4.77. The zero-order chi connectivity index (χ0) is 22.9.